The third-order valence-corrected chi connectivity index (χ3v) is 4.75. The Morgan fingerprint density at radius 3 is 2.10 bits per heavy atom. The van der Waals surface area contributed by atoms with Gasteiger partial charge in [-0.3, -0.25) is 4.99 Å². The van der Waals surface area contributed by atoms with E-state index in [2.05, 4.69) is 6.58 Å². The fraction of sp³-hybridized carbons (Fsp3) is 0.250. The molecule has 156 valence electrons. The minimum absolute atomic E-state index is 0.00998. The molecule has 0 saturated heterocycles. The van der Waals surface area contributed by atoms with Crippen LogP contribution in [0.25, 0.3) is 5.70 Å². The molecule has 0 fully saturated rings. The predicted molar refractivity (Wildman–Crippen MR) is 114 cm³/mol. The van der Waals surface area contributed by atoms with E-state index < -0.39 is 12.1 Å². The Bertz CT molecular complexity index is 993. The second-order valence-electron chi connectivity index (χ2n) is 7.25. The molecular formula is C24H24F2N2O2. The summed E-state index contributed by atoms with van der Waals surface area (Å²) in [6.07, 6.45) is 1.34. The van der Waals surface area contributed by atoms with Crippen molar-refractivity contribution in [3.8, 4) is 0 Å². The number of hydrogen-bond donors (Lipinski definition) is 0. The van der Waals surface area contributed by atoms with E-state index in [1.165, 1.54) is 24.3 Å². The highest BCUT2D eigenvalue weighted by atomic mass is 19.1. The van der Waals surface area contributed by atoms with Crippen molar-refractivity contribution in [2.24, 2.45) is 10.9 Å². The van der Waals surface area contributed by atoms with Crippen molar-refractivity contribution < 1.29 is 18.3 Å². The van der Waals surface area contributed by atoms with E-state index in [9.17, 15) is 13.6 Å². The number of hydrogen-bond acceptors (Lipinski definition) is 4. The summed E-state index contributed by atoms with van der Waals surface area (Å²) < 4.78 is 32.1. The van der Waals surface area contributed by atoms with Gasteiger partial charge in [-0.25, -0.2) is 13.6 Å². The molecule has 1 aliphatic heterocycles. The van der Waals surface area contributed by atoms with Crippen LogP contribution in [0.5, 0.6) is 0 Å². The quantitative estimate of drug-likeness (QED) is 0.487. The normalized spacial score (nSPS) is 16.2. The van der Waals surface area contributed by atoms with Crippen LogP contribution in [0, 0.1) is 17.6 Å². The third-order valence-electron chi connectivity index (χ3n) is 4.75. The number of rotatable bonds is 6. The lowest BCUT2D eigenvalue weighted by atomic mass is 9.98. The third kappa shape index (κ3) is 4.48. The maximum Gasteiger partial charge on any atom is 0.354 e. The summed E-state index contributed by atoms with van der Waals surface area (Å²) in [6.45, 7) is 9.86. The SMILES string of the molecule is C=C(C(=O)OCC)N1C(c2ccc(F)cc2)=CC(c2ccc(F)cc2)=NC1C(C)C. The van der Waals surface area contributed by atoms with Gasteiger partial charge in [0.25, 0.3) is 0 Å². The molecule has 1 atom stereocenters. The van der Waals surface area contributed by atoms with Gasteiger partial charge in [-0.15, -0.1) is 0 Å². The molecule has 0 bridgehead atoms. The Labute approximate surface area is 175 Å². The van der Waals surface area contributed by atoms with Crippen molar-refractivity contribution >= 4 is 17.4 Å². The van der Waals surface area contributed by atoms with Crippen molar-refractivity contribution in [2.45, 2.75) is 26.9 Å². The van der Waals surface area contributed by atoms with Crippen LogP contribution in [-0.2, 0) is 9.53 Å². The first-order valence-electron chi connectivity index (χ1n) is 9.78. The fourth-order valence-corrected chi connectivity index (χ4v) is 3.27. The Balaban J connectivity index is 2.15. The molecule has 3 rings (SSSR count). The number of aliphatic imine (C=N–C) groups is 1. The van der Waals surface area contributed by atoms with Crippen LogP contribution in [0.4, 0.5) is 8.78 Å². The number of carbonyl (C=O) groups excluding carboxylic acids is 1. The zero-order valence-corrected chi connectivity index (χ0v) is 17.2. The maximum absolute atomic E-state index is 13.5. The topological polar surface area (TPSA) is 41.9 Å². The Kier molecular flexibility index (Phi) is 6.45. The zero-order valence-electron chi connectivity index (χ0n) is 17.2. The second-order valence-corrected chi connectivity index (χ2v) is 7.25. The molecule has 0 amide bonds. The van der Waals surface area contributed by atoms with Crippen molar-refractivity contribution in [2.75, 3.05) is 6.61 Å². The molecule has 0 saturated carbocycles. The molecule has 4 nitrogen and oxygen atoms in total. The van der Waals surface area contributed by atoms with Crippen molar-refractivity contribution in [1.82, 2.24) is 4.90 Å². The van der Waals surface area contributed by atoms with Gasteiger partial charge in [0.05, 0.1) is 18.0 Å². The highest BCUT2D eigenvalue weighted by Gasteiger charge is 2.33. The van der Waals surface area contributed by atoms with Crippen LogP contribution in [0.15, 0.2) is 71.9 Å². The molecule has 6 heteroatoms. The second kappa shape index (κ2) is 9.03. The van der Waals surface area contributed by atoms with Gasteiger partial charge in [0.1, 0.15) is 23.5 Å². The highest BCUT2D eigenvalue weighted by Crippen LogP contribution is 2.34. The highest BCUT2D eigenvalue weighted by molar-refractivity contribution is 6.13. The van der Waals surface area contributed by atoms with Crippen molar-refractivity contribution in [1.29, 1.82) is 0 Å². The molecular weight excluding hydrogens is 386 g/mol. The van der Waals surface area contributed by atoms with Gasteiger partial charge in [-0.2, -0.15) is 0 Å². The van der Waals surface area contributed by atoms with Crippen molar-refractivity contribution in [3.05, 3.63) is 89.6 Å². The standard InChI is InChI=1S/C24H24F2N2O2/c1-5-30-24(29)16(4)28-22(18-8-12-20(26)13-9-18)14-21(27-23(28)15(2)3)17-6-10-19(25)11-7-17/h6-15,23H,4-5H2,1-3H3. The first kappa shape index (κ1) is 21.4. The van der Waals surface area contributed by atoms with E-state index in [-0.39, 0.29) is 29.9 Å². The summed E-state index contributed by atoms with van der Waals surface area (Å²) in [5.74, 6) is -1.23. The molecule has 1 heterocycles. The number of benzene rings is 2. The lowest BCUT2D eigenvalue weighted by Crippen LogP contribution is -2.41. The zero-order chi connectivity index (χ0) is 21.8. The molecule has 1 aliphatic rings. The summed E-state index contributed by atoms with van der Waals surface area (Å²) in [7, 11) is 0. The Hall–Kier alpha value is -3.28. The molecule has 1 unspecified atom stereocenters. The van der Waals surface area contributed by atoms with Crippen LogP contribution in [0.1, 0.15) is 31.9 Å². The summed E-state index contributed by atoms with van der Waals surface area (Å²) >= 11 is 0. The molecule has 0 aromatic heterocycles. The summed E-state index contributed by atoms with van der Waals surface area (Å²) in [5.41, 5.74) is 2.86. The van der Waals surface area contributed by atoms with Gasteiger partial charge in [0, 0.05) is 5.56 Å². The maximum atomic E-state index is 13.5. The predicted octanol–water partition coefficient (Wildman–Crippen LogP) is 5.17. The fourth-order valence-electron chi connectivity index (χ4n) is 3.27. The van der Waals surface area contributed by atoms with E-state index in [0.29, 0.717) is 17.0 Å². The van der Waals surface area contributed by atoms with E-state index in [4.69, 9.17) is 9.73 Å². The minimum atomic E-state index is -0.545. The van der Waals surface area contributed by atoms with Crippen LogP contribution >= 0.6 is 0 Å². The summed E-state index contributed by atoms with van der Waals surface area (Å²) in [6, 6.07) is 12.0. The molecule has 30 heavy (non-hydrogen) atoms. The number of allylic oxidation sites excluding steroid dienone is 1. The van der Waals surface area contributed by atoms with E-state index in [1.807, 2.05) is 13.8 Å². The molecule has 0 N–H and O–H groups in total. The van der Waals surface area contributed by atoms with Gasteiger partial charge >= 0.3 is 5.97 Å². The average molecular weight is 410 g/mol. The molecule has 0 radical (unpaired) electrons. The average Bonchev–Trinajstić information content (AvgIpc) is 2.73. The first-order valence-corrected chi connectivity index (χ1v) is 9.78. The number of esters is 1. The van der Waals surface area contributed by atoms with Gasteiger partial charge < -0.3 is 9.64 Å². The smallest absolute Gasteiger partial charge is 0.354 e. The van der Waals surface area contributed by atoms with E-state index in [0.717, 1.165) is 5.56 Å². The van der Waals surface area contributed by atoms with Gasteiger partial charge in [0.15, 0.2) is 0 Å². The molecule has 2 aromatic carbocycles. The van der Waals surface area contributed by atoms with Crippen LogP contribution in [-0.4, -0.2) is 29.4 Å². The monoisotopic (exact) mass is 410 g/mol. The molecule has 2 aromatic rings. The molecule has 0 aliphatic carbocycles. The van der Waals surface area contributed by atoms with E-state index in [1.54, 1.807) is 42.2 Å². The minimum Gasteiger partial charge on any atom is -0.461 e. The van der Waals surface area contributed by atoms with Gasteiger partial charge in [-0.1, -0.05) is 20.4 Å². The lowest BCUT2D eigenvalue weighted by Gasteiger charge is -2.38. The van der Waals surface area contributed by atoms with Gasteiger partial charge in [0.2, 0.25) is 0 Å². The Morgan fingerprint density at radius 2 is 1.60 bits per heavy atom. The number of carbonyl (C=O) groups is 1. The Morgan fingerprint density at radius 1 is 1.07 bits per heavy atom. The summed E-state index contributed by atoms with van der Waals surface area (Å²) in [5, 5.41) is 0. The lowest BCUT2D eigenvalue weighted by molar-refractivity contribution is -0.140. The van der Waals surface area contributed by atoms with Crippen LogP contribution < -0.4 is 0 Å². The van der Waals surface area contributed by atoms with Gasteiger partial charge in [-0.05, 0) is 73.0 Å². The van der Waals surface area contributed by atoms with Crippen molar-refractivity contribution in [3.63, 3.8) is 0 Å². The first-order chi connectivity index (χ1) is 14.3. The largest absolute Gasteiger partial charge is 0.461 e. The van der Waals surface area contributed by atoms with Crippen LogP contribution in [0.3, 0.4) is 0 Å². The summed E-state index contributed by atoms with van der Waals surface area (Å²) in [4.78, 5) is 19.0. The number of ether oxygens (including phenoxy) is 1. The number of nitrogens with zero attached hydrogens (tertiary/aromatic N) is 2. The number of halogens is 2. The molecule has 0 spiro atoms. The van der Waals surface area contributed by atoms with Crippen LogP contribution in [0.2, 0.25) is 0 Å². The van der Waals surface area contributed by atoms with E-state index >= 15 is 0 Å².